The van der Waals surface area contributed by atoms with E-state index in [-0.39, 0.29) is 5.91 Å². The Morgan fingerprint density at radius 3 is 2.71 bits per heavy atom. The second kappa shape index (κ2) is 5.96. The number of aromatic nitrogens is 2. The molecule has 2 aromatic carbocycles. The largest absolute Gasteiger partial charge is 0.298 e. The molecule has 0 unspecified atom stereocenters. The molecule has 0 aliphatic rings. The van der Waals surface area contributed by atoms with Crippen LogP contribution in [-0.2, 0) is 0 Å². The van der Waals surface area contributed by atoms with Crippen LogP contribution in [-0.4, -0.2) is 15.9 Å². The van der Waals surface area contributed by atoms with Gasteiger partial charge in [0.1, 0.15) is 0 Å². The van der Waals surface area contributed by atoms with Gasteiger partial charge in [-0.05, 0) is 37.3 Å². The first-order chi connectivity index (χ1) is 11.6. The lowest BCUT2D eigenvalue weighted by Gasteiger charge is -2.01. The Bertz CT molecular complexity index is 1080. The molecule has 6 heteroatoms. The predicted octanol–water partition coefficient (Wildman–Crippen LogP) is 5.17. The van der Waals surface area contributed by atoms with E-state index in [0.29, 0.717) is 10.7 Å². The Morgan fingerprint density at radius 2 is 1.92 bits per heavy atom. The van der Waals surface area contributed by atoms with Gasteiger partial charge in [-0.15, -0.1) is 0 Å². The number of amides is 1. The van der Waals surface area contributed by atoms with Gasteiger partial charge in [0.25, 0.3) is 5.91 Å². The van der Waals surface area contributed by atoms with E-state index in [1.807, 2.05) is 43.3 Å². The molecule has 0 aliphatic heterocycles. The van der Waals surface area contributed by atoms with Crippen LogP contribution >= 0.6 is 27.3 Å². The van der Waals surface area contributed by atoms with Gasteiger partial charge in [-0.25, -0.2) is 4.98 Å². The molecule has 4 rings (SSSR count). The zero-order valence-corrected chi connectivity index (χ0v) is 15.1. The summed E-state index contributed by atoms with van der Waals surface area (Å²) in [4.78, 5) is 21.6. The lowest BCUT2D eigenvalue weighted by atomic mass is 10.2. The summed E-state index contributed by atoms with van der Waals surface area (Å²) in [5.74, 6) is -0.161. The molecule has 0 fully saturated rings. The van der Waals surface area contributed by atoms with Crippen molar-refractivity contribution < 1.29 is 4.79 Å². The number of rotatable bonds is 2. The number of benzene rings is 2. The van der Waals surface area contributed by atoms with E-state index in [2.05, 4.69) is 31.2 Å². The number of hydrogen-bond acceptors (Lipinski definition) is 4. The molecule has 4 nitrogen and oxygen atoms in total. The second-order valence-corrected chi connectivity index (χ2v) is 7.29. The lowest BCUT2D eigenvalue weighted by Crippen LogP contribution is -2.11. The van der Waals surface area contributed by atoms with Crippen LogP contribution in [0.25, 0.3) is 21.1 Å². The summed E-state index contributed by atoms with van der Waals surface area (Å²) >= 11 is 4.94. The molecule has 2 aromatic heterocycles. The topological polar surface area (TPSA) is 54.9 Å². The molecule has 1 amide bonds. The predicted molar refractivity (Wildman–Crippen MR) is 102 cm³/mol. The van der Waals surface area contributed by atoms with Gasteiger partial charge in [0, 0.05) is 15.4 Å². The Kier molecular flexibility index (Phi) is 3.78. The van der Waals surface area contributed by atoms with Gasteiger partial charge in [-0.1, -0.05) is 45.5 Å². The Hall–Kier alpha value is -2.31. The lowest BCUT2D eigenvalue weighted by molar-refractivity contribution is 0.102. The highest BCUT2D eigenvalue weighted by molar-refractivity contribution is 9.10. The van der Waals surface area contributed by atoms with Gasteiger partial charge in [0.15, 0.2) is 5.13 Å². The molecule has 0 aliphatic carbocycles. The van der Waals surface area contributed by atoms with Crippen LogP contribution < -0.4 is 5.32 Å². The van der Waals surface area contributed by atoms with E-state index in [9.17, 15) is 4.79 Å². The summed E-state index contributed by atoms with van der Waals surface area (Å²) in [5.41, 5.74) is 3.29. The van der Waals surface area contributed by atoms with E-state index in [1.165, 1.54) is 11.3 Å². The highest BCUT2D eigenvalue weighted by Gasteiger charge is 2.14. The van der Waals surface area contributed by atoms with Crippen molar-refractivity contribution >= 4 is 59.4 Å². The number of nitrogens with zero attached hydrogens (tertiary/aromatic N) is 2. The molecule has 0 saturated carbocycles. The molecule has 118 valence electrons. The van der Waals surface area contributed by atoms with E-state index >= 15 is 0 Å². The smallest absolute Gasteiger partial charge is 0.257 e. The van der Waals surface area contributed by atoms with Crippen molar-refractivity contribution in [1.82, 2.24) is 9.97 Å². The minimum absolute atomic E-state index is 0.161. The highest BCUT2D eigenvalue weighted by Crippen LogP contribution is 2.34. The van der Waals surface area contributed by atoms with Crippen LogP contribution in [0.15, 0.2) is 53.0 Å². The standard InChI is InChI=1S/C18H12BrN3OS/c1-10-16-15(13-9-12(19)7-8-14(13)20-10)21-18(24-16)22-17(23)11-5-3-2-4-6-11/h2-9H,1H3,(H,21,22,23). The van der Waals surface area contributed by atoms with Crippen LogP contribution in [0.5, 0.6) is 0 Å². The number of fused-ring (bicyclic) bond motifs is 3. The first-order valence-corrected chi connectivity index (χ1v) is 8.95. The molecule has 4 aromatic rings. The summed E-state index contributed by atoms with van der Waals surface area (Å²) in [7, 11) is 0. The monoisotopic (exact) mass is 397 g/mol. The Morgan fingerprint density at radius 1 is 1.12 bits per heavy atom. The average Bonchev–Trinajstić information content (AvgIpc) is 3.01. The number of thiazole rings is 1. The number of anilines is 1. The van der Waals surface area contributed by atoms with Crippen LogP contribution in [0.1, 0.15) is 16.1 Å². The quantitative estimate of drug-likeness (QED) is 0.507. The molecule has 0 spiro atoms. The van der Waals surface area contributed by atoms with Gasteiger partial charge < -0.3 is 0 Å². The highest BCUT2D eigenvalue weighted by atomic mass is 79.9. The van der Waals surface area contributed by atoms with E-state index in [0.717, 1.165) is 31.3 Å². The van der Waals surface area contributed by atoms with E-state index in [1.54, 1.807) is 12.1 Å². The SMILES string of the molecule is Cc1nc2ccc(Br)cc2c2nc(NC(=O)c3ccccc3)sc12. The van der Waals surface area contributed by atoms with Crippen molar-refractivity contribution in [2.24, 2.45) is 0 Å². The van der Waals surface area contributed by atoms with Crippen LogP contribution in [0.2, 0.25) is 0 Å². The van der Waals surface area contributed by atoms with Crippen molar-refractivity contribution in [1.29, 1.82) is 0 Å². The maximum Gasteiger partial charge on any atom is 0.257 e. The molecular weight excluding hydrogens is 386 g/mol. The van der Waals surface area contributed by atoms with Gasteiger partial charge in [0.2, 0.25) is 0 Å². The van der Waals surface area contributed by atoms with Crippen molar-refractivity contribution in [3.05, 3.63) is 64.3 Å². The van der Waals surface area contributed by atoms with Gasteiger partial charge in [0.05, 0.1) is 21.4 Å². The molecule has 2 heterocycles. The summed E-state index contributed by atoms with van der Waals surface area (Å²) in [6, 6.07) is 15.1. The normalized spacial score (nSPS) is 11.1. The molecule has 24 heavy (non-hydrogen) atoms. The summed E-state index contributed by atoms with van der Waals surface area (Å²) in [5, 5.41) is 4.44. The van der Waals surface area contributed by atoms with Crippen molar-refractivity contribution in [3.8, 4) is 0 Å². The third-order valence-electron chi connectivity index (χ3n) is 3.71. The molecule has 0 radical (unpaired) electrons. The molecular formula is C18H12BrN3OS. The fraction of sp³-hybridized carbons (Fsp3) is 0.0556. The number of carbonyl (C=O) groups excluding carboxylic acids is 1. The summed E-state index contributed by atoms with van der Waals surface area (Å²) in [6.45, 7) is 1.96. The third kappa shape index (κ3) is 2.68. The van der Waals surface area contributed by atoms with Gasteiger partial charge >= 0.3 is 0 Å². The zero-order chi connectivity index (χ0) is 16.7. The first-order valence-electron chi connectivity index (χ1n) is 7.34. The van der Waals surface area contributed by atoms with Crippen LogP contribution in [0.3, 0.4) is 0 Å². The number of carbonyl (C=O) groups is 1. The fourth-order valence-electron chi connectivity index (χ4n) is 2.59. The summed E-state index contributed by atoms with van der Waals surface area (Å²) < 4.78 is 1.97. The molecule has 1 N–H and O–H groups in total. The average molecular weight is 398 g/mol. The molecule has 0 saturated heterocycles. The summed E-state index contributed by atoms with van der Waals surface area (Å²) in [6.07, 6.45) is 0. The first kappa shape index (κ1) is 15.2. The fourth-order valence-corrected chi connectivity index (χ4v) is 3.87. The Labute approximate surface area is 150 Å². The van der Waals surface area contributed by atoms with E-state index < -0.39 is 0 Å². The maximum absolute atomic E-state index is 12.3. The second-order valence-electron chi connectivity index (χ2n) is 5.38. The van der Waals surface area contributed by atoms with Crippen molar-refractivity contribution in [3.63, 3.8) is 0 Å². The maximum atomic E-state index is 12.3. The number of aryl methyl sites for hydroxylation is 1. The van der Waals surface area contributed by atoms with Crippen molar-refractivity contribution in [2.45, 2.75) is 6.92 Å². The number of pyridine rings is 1. The molecule has 0 atom stereocenters. The number of halogens is 1. The number of nitrogens with one attached hydrogen (secondary N) is 1. The third-order valence-corrected chi connectivity index (χ3v) is 5.29. The van der Waals surface area contributed by atoms with Gasteiger partial charge in [-0.3, -0.25) is 15.1 Å². The number of hydrogen-bond donors (Lipinski definition) is 1. The van der Waals surface area contributed by atoms with Crippen molar-refractivity contribution in [2.75, 3.05) is 5.32 Å². The minimum Gasteiger partial charge on any atom is -0.298 e. The molecule has 0 bridgehead atoms. The van der Waals surface area contributed by atoms with Crippen LogP contribution in [0, 0.1) is 6.92 Å². The Balaban J connectivity index is 1.80. The van der Waals surface area contributed by atoms with E-state index in [4.69, 9.17) is 0 Å². The zero-order valence-electron chi connectivity index (χ0n) is 12.7. The minimum atomic E-state index is -0.161. The van der Waals surface area contributed by atoms with Crippen LogP contribution in [0.4, 0.5) is 5.13 Å². The van der Waals surface area contributed by atoms with Gasteiger partial charge in [-0.2, -0.15) is 0 Å².